The summed E-state index contributed by atoms with van der Waals surface area (Å²) >= 11 is 0. The van der Waals surface area contributed by atoms with Crippen LogP contribution in [0.1, 0.15) is 24.2 Å². The van der Waals surface area contributed by atoms with Crippen molar-refractivity contribution in [2.24, 2.45) is 0 Å². The number of ketones is 1. The molecule has 1 fully saturated rings. The van der Waals surface area contributed by atoms with Gasteiger partial charge in [0.1, 0.15) is 6.17 Å². The smallest absolute Gasteiger partial charge is 0.305 e. The minimum absolute atomic E-state index is 0.0631. The van der Waals surface area contributed by atoms with E-state index in [0.717, 1.165) is 12.4 Å². The molecule has 0 aliphatic carbocycles. The Bertz CT molecular complexity index is 906. The van der Waals surface area contributed by atoms with Crippen LogP contribution in [0.3, 0.4) is 0 Å². The van der Waals surface area contributed by atoms with Crippen LogP contribution in [-0.2, 0) is 17.4 Å². The molecule has 9 heteroatoms. The Morgan fingerprint density at radius 2 is 1.96 bits per heavy atom. The number of nitrogens with zero attached hydrogens (tertiary/aromatic N) is 3. The van der Waals surface area contributed by atoms with Crippen molar-refractivity contribution in [1.29, 1.82) is 0 Å². The number of carbonyl (C=O) groups excluding carboxylic acids is 1. The molecule has 2 atom stereocenters. The molecule has 1 aliphatic heterocycles. The molecule has 0 bridgehead atoms. The molecule has 1 aliphatic rings. The maximum Gasteiger partial charge on any atom is 0.451 e. The first-order chi connectivity index (χ1) is 13.3. The van der Waals surface area contributed by atoms with Gasteiger partial charge >= 0.3 is 6.18 Å². The molecular weight excluding hydrogens is 376 g/mol. The highest BCUT2D eigenvalue weighted by Crippen LogP contribution is 2.30. The lowest BCUT2D eigenvalue weighted by atomic mass is 9.97. The van der Waals surface area contributed by atoms with E-state index in [-0.39, 0.29) is 18.6 Å². The van der Waals surface area contributed by atoms with Crippen molar-refractivity contribution in [2.45, 2.75) is 37.7 Å². The zero-order valence-corrected chi connectivity index (χ0v) is 14.6. The molecule has 1 N–H and O–H groups in total. The third-order valence-corrected chi connectivity index (χ3v) is 4.57. The van der Waals surface area contributed by atoms with Crippen LogP contribution in [-0.4, -0.2) is 34.5 Å². The molecule has 1 aromatic heterocycles. The summed E-state index contributed by atoms with van der Waals surface area (Å²) in [6.07, 6.45) is -3.11. The van der Waals surface area contributed by atoms with E-state index in [1.165, 1.54) is 6.07 Å². The van der Waals surface area contributed by atoms with Gasteiger partial charge in [-0.05, 0) is 30.5 Å². The highest BCUT2D eigenvalue weighted by atomic mass is 19.4. The Hall–Kier alpha value is -2.86. The molecule has 0 saturated carbocycles. The van der Waals surface area contributed by atoms with Crippen LogP contribution >= 0.6 is 0 Å². The first-order valence-electron chi connectivity index (χ1n) is 8.60. The van der Waals surface area contributed by atoms with Gasteiger partial charge in [0.25, 0.3) is 0 Å². The summed E-state index contributed by atoms with van der Waals surface area (Å²) in [5, 5.41) is 2.83. The van der Waals surface area contributed by atoms with E-state index in [1.54, 1.807) is 12.1 Å². The van der Waals surface area contributed by atoms with Crippen LogP contribution in [0.2, 0.25) is 0 Å². The average molecular weight is 392 g/mol. The van der Waals surface area contributed by atoms with Gasteiger partial charge in [-0.25, -0.2) is 19.2 Å². The van der Waals surface area contributed by atoms with Gasteiger partial charge < -0.3 is 5.32 Å². The van der Waals surface area contributed by atoms with Crippen molar-refractivity contribution in [2.75, 3.05) is 6.54 Å². The zero-order chi connectivity index (χ0) is 20.3. The first-order valence-corrected chi connectivity index (χ1v) is 8.60. The molecule has 28 heavy (non-hydrogen) atoms. The molecular formula is C19H16F4N4O. The molecule has 1 aromatic carbocycles. The van der Waals surface area contributed by atoms with Gasteiger partial charge in [-0.2, -0.15) is 13.2 Å². The molecule has 0 amide bonds. The van der Waals surface area contributed by atoms with Gasteiger partial charge in [-0.1, -0.05) is 18.2 Å². The van der Waals surface area contributed by atoms with E-state index in [4.69, 9.17) is 6.57 Å². The molecule has 2 aromatic rings. The van der Waals surface area contributed by atoms with E-state index in [1.807, 2.05) is 0 Å². The standard InChI is InChI=1S/C19H16F4N4O/c1-24-15-4-2-11(13-9-26-18(27-10-13)19(21,22)23)8-12(15)3-5-16(28)17-14(20)6-7-25-17/h2,4,8-10,14,17,25H,3,5-7H2/t14-,17-/m0/s1. The zero-order valence-electron chi connectivity index (χ0n) is 14.6. The summed E-state index contributed by atoms with van der Waals surface area (Å²) in [6, 6.07) is 3.93. The summed E-state index contributed by atoms with van der Waals surface area (Å²) in [5.74, 6) is -1.49. The molecule has 2 heterocycles. The van der Waals surface area contributed by atoms with Gasteiger partial charge in [0.15, 0.2) is 11.5 Å². The van der Waals surface area contributed by atoms with Gasteiger partial charge in [0.05, 0.1) is 12.6 Å². The van der Waals surface area contributed by atoms with E-state index < -0.39 is 24.2 Å². The van der Waals surface area contributed by atoms with Gasteiger partial charge in [-0.3, -0.25) is 4.79 Å². The fraction of sp³-hybridized carbons (Fsp3) is 0.368. The maximum absolute atomic E-state index is 13.7. The number of aryl methyl sites for hydroxylation is 1. The van der Waals surface area contributed by atoms with E-state index in [2.05, 4.69) is 20.1 Å². The number of aromatic nitrogens is 2. The van der Waals surface area contributed by atoms with E-state index >= 15 is 0 Å². The van der Waals surface area contributed by atoms with E-state index in [0.29, 0.717) is 35.3 Å². The number of rotatable bonds is 5. The number of nitrogens with one attached hydrogen (secondary N) is 1. The Kier molecular flexibility index (Phi) is 5.70. The third-order valence-electron chi connectivity index (χ3n) is 4.57. The molecule has 0 radical (unpaired) electrons. The van der Waals surface area contributed by atoms with E-state index in [9.17, 15) is 22.4 Å². The average Bonchev–Trinajstić information content (AvgIpc) is 3.11. The van der Waals surface area contributed by atoms with Gasteiger partial charge in [-0.15, -0.1) is 0 Å². The highest BCUT2D eigenvalue weighted by Gasteiger charge is 2.34. The summed E-state index contributed by atoms with van der Waals surface area (Å²) in [5.41, 5.74) is 1.79. The lowest BCUT2D eigenvalue weighted by molar-refractivity contribution is -0.145. The summed E-state index contributed by atoms with van der Waals surface area (Å²) in [6.45, 7) is 7.71. The third kappa shape index (κ3) is 4.34. The van der Waals surface area contributed by atoms with Crippen molar-refractivity contribution in [3.63, 3.8) is 0 Å². The Balaban J connectivity index is 1.78. The predicted molar refractivity (Wildman–Crippen MR) is 93.4 cm³/mol. The summed E-state index contributed by atoms with van der Waals surface area (Å²) in [7, 11) is 0. The summed E-state index contributed by atoms with van der Waals surface area (Å²) < 4.78 is 51.5. The molecule has 146 valence electrons. The normalized spacial score (nSPS) is 19.4. The predicted octanol–water partition coefficient (Wildman–Crippen LogP) is 3.91. The molecule has 5 nitrogen and oxygen atoms in total. The number of alkyl halides is 4. The highest BCUT2D eigenvalue weighted by molar-refractivity contribution is 5.85. The molecule has 0 spiro atoms. The van der Waals surface area contributed by atoms with Crippen molar-refractivity contribution < 1.29 is 22.4 Å². The SMILES string of the molecule is [C-]#[N+]c1ccc(-c2cnc(C(F)(F)F)nc2)cc1CCC(=O)[C@H]1NCC[C@@H]1F. The minimum Gasteiger partial charge on any atom is -0.305 e. The van der Waals surface area contributed by atoms with Crippen molar-refractivity contribution in [3.8, 4) is 11.1 Å². The van der Waals surface area contributed by atoms with Crippen molar-refractivity contribution >= 4 is 11.5 Å². The number of halogens is 4. The monoisotopic (exact) mass is 392 g/mol. The van der Waals surface area contributed by atoms with Crippen LogP contribution in [0.25, 0.3) is 16.0 Å². The molecule has 3 rings (SSSR count). The second kappa shape index (κ2) is 8.02. The number of hydrogen-bond acceptors (Lipinski definition) is 4. The van der Waals surface area contributed by atoms with Gasteiger partial charge in [0, 0.05) is 24.4 Å². The number of benzene rings is 1. The van der Waals surface area contributed by atoms with Crippen LogP contribution in [0, 0.1) is 6.57 Å². The number of hydrogen-bond donors (Lipinski definition) is 1. The van der Waals surface area contributed by atoms with Crippen molar-refractivity contribution in [1.82, 2.24) is 15.3 Å². The minimum atomic E-state index is -4.62. The number of carbonyl (C=O) groups is 1. The van der Waals surface area contributed by atoms with Crippen LogP contribution in [0.15, 0.2) is 30.6 Å². The Morgan fingerprint density at radius 3 is 2.54 bits per heavy atom. The quantitative estimate of drug-likeness (QED) is 0.619. The maximum atomic E-state index is 13.7. The number of Topliss-reactive ketones (excluding diaryl/α,β-unsaturated/α-hetero) is 1. The van der Waals surface area contributed by atoms with Crippen LogP contribution in [0.5, 0.6) is 0 Å². The first kappa shape index (κ1) is 19.9. The lowest BCUT2D eigenvalue weighted by Gasteiger charge is -2.13. The van der Waals surface area contributed by atoms with Gasteiger partial charge in [0.2, 0.25) is 5.82 Å². The van der Waals surface area contributed by atoms with Crippen LogP contribution < -0.4 is 5.32 Å². The second-order valence-corrected chi connectivity index (χ2v) is 6.45. The van der Waals surface area contributed by atoms with Crippen molar-refractivity contribution in [3.05, 3.63) is 53.4 Å². The van der Waals surface area contributed by atoms with Crippen LogP contribution in [0.4, 0.5) is 23.2 Å². The Labute approximate surface area is 158 Å². The largest absolute Gasteiger partial charge is 0.451 e. The fourth-order valence-corrected chi connectivity index (χ4v) is 3.10. The Morgan fingerprint density at radius 1 is 1.25 bits per heavy atom. The second-order valence-electron chi connectivity index (χ2n) is 6.45. The topological polar surface area (TPSA) is 59.2 Å². The molecule has 1 saturated heterocycles. The summed E-state index contributed by atoms with van der Waals surface area (Å²) in [4.78, 5) is 22.3. The fourth-order valence-electron chi connectivity index (χ4n) is 3.10. The lowest BCUT2D eigenvalue weighted by Crippen LogP contribution is -2.36. The molecule has 0 unspecified atom stereocenters.